The topological polar surface area (TPSA) is 114 Å². The normalized spacial score (nSPS) is 18.9. The van der Waals surface area contributed by atoms with Crippen LogP contribution in [0.2, 0.25) is 0 Å². The van der Waals surface area contributed by atoms with Gasteiger partial charge in [0.15, 0.2) is 6.23 Å². The van der Waals surface area contributed by atoms with Gasteiger partial charge in [-0.1, -0.05) is 0 Å². The number of likely N-dealkylation sites (N-methyl/N-ethyl adjacent to an activating group) is 1. The average molecular weight is 285 g/mol. The predicted molar refractivity (Wildman–Crippen MR) is 67.6 cm³/mol. The molecule has 110 valence electrons. The monoisotopic (exact) mass is 285 g/mol. The maximum Gasteiger partial charge on any atom is 0.409 e. The molecule has 10 nitrogen and oxygen atoms in total. The van der Waals surface area contributed by atoms with E-state index in [4.69, 9.17) is 9.84 Å². The van der Waals surface area contributed by atoms with Crippen LogP contribution in [0.25, 0.3) is 0 Å². The summed E-state index contributed by atoms with van der Waals surface area (Å²) in [5.74, 6) is 0.349. The Morgan fingerprint density at radius 3 is 3.00 bits per heavy atom. The lowest BCUT2D eigenvalue weighted by Gasteiger charge is -2.36. The number of aryl methyl sites for hydroxylation is 1. The number of carbonyl (C=O) groups is 1. The van der Waals surface area contributed by atoms with Gasteiger partial charge in [-0.3, -0.25) is 15.0 Å². The molecule has 2 rings (SSSR count). The third-order valence-electron chi connectivity index (χ3n) is 3.17. The number of morpholine rings is 1. The molecule has 0 saturated carbocycles. The van der Waals surface area contributed by atoms with Crippen LogP contribution in [-0.4, -0.2) is 63.8 Å². The Kier molecular flexibility index (Phi) is 3.74. The minimum atomic E-state index is -1.11. The van der Waals surface area contributed by atoms with Crippen molar-refractivity contribution in [2.75, 3.05) is 31.6 Å². The van der Waals surface area contributed by atoms with Gasteiger partial charge in [0.2, 0.25) is 5.82 Å². The second-order valence-corrected chi connectivity index (χ2v) is 4.40. The second kappa shape index (κ2) is 5.33. The molecule has 1 saturated heterocycles. The fraction of sp³-hybridized carbons (Fsp3) is 0.600. The Hall–Kier alpha value is -2.36. The van der Waals surface area contributed by atoms with Gasteiger partial charge in [-0.25, -0.2) is 9.48 Å². The van der Waals surface area contributed by atoms with Crippen molar-refractivity contribution in [3.05, 3.63) is 16.3 Å². The molecule has 0 aliphatic carbocycles. The zero-order valence-corrected chi connectivity index (χ0v) is 11.1. The third-order valence-corrected chi connectivity index (χ3v) is 3.17. The van der Waals surface area contributed by atoms with Crippen molar-refractivity contribution in [1.82, 2.24) is 14.7 Å². The summed E-state index contributed by atoms with van der Waals surface area (Å²) in [6.07, 6.45) is -0.604. The van der Waals surface area contributed by atoms with Crippen molar-refractivity contribution in [2.45, 2.75) is 6.23 Å². The summed E-state index contributed by atoms with van der Waals surface area (Å²) in [6, 6.07) is 0. The Balaban J connectivity index is 2.23. The largest absolute Gasteiger partial charge is 0.465 e. The quantitative estimate of drug-likeness (QED) is 0.618. The lowest BCUT2D eigenvalue weighted by Crippen LogP contribution is -2.51. The molecule has 0 bridgehead atoms. The van der Waals surface area contributed by atoms with Gasteiger partial charge in [-0.2, -0.15) is 5.10 Å². The third kappa shape index (κ3) is 2.50. The van der Waals surface area contributed by atoms with Crippen LogP contribution >= 0.6 is 0 Å². The van der Waals surface area contributed by atoms with Crippen molar-refractivity contribution in [2.24, 2.45) is 7.05 Å². The van der Waals surface area contributed by atoms with Gasteiger partial charge in [-0.15, -0.1) is 0 Å². The number of nitro groups is 1. The fourth-order valence-electron chi connectivity index (χ4n) is 2.10. The molecular weight excluding hydrogens is 270 g/mol. The van der Waals surface area contributed by atoms with Crippen LogP contribution in [0.3, 0.4) is 0 Å². The van der Waals surface area contributed by atoms with Crippen LogP contribution in [0.1, 0.15) is 0 Å². The van der Waals surface area contributed by atoms with E-state index in [0.29, 0.717) is 12.4 Å². The molecule has 0 radical (unpaired) electrons. The van der Waals surface area contributed by atoms with Crippen molar-refractivity contribution in [1.29, 1.82) is 0 Å². The highest BCUT2D eigenvalue weighted by Gasteiger charge is 2.32. The van der Waals surface area contributed by atoms with E-state index in [0.717, 1.165) is 4.90 Å². The van der Waals surface area contributed by atoms with E-state index < -0.39 is 17.2 Å². The SMILES string of the molecule is CN(C(=O)O)C1CN(c2c([N+](=O)[O-])cnn2C)CCO1. The molecule has 1 unspecified atom stereocenters. The van der Waals surface area contributed by atoms with Gasteiger partial charge < -0.3 is 14.7 Å². The Morgan fingerprint density at radius 2 is 2.40 bits per heavy atom. The number of anilines is 1. The molecule has 1 aromatic rings. The Bertz CT molecular complexity index is 530. The maximum atomic E-state index is 11.0. The highest BCUT2D eigenvalue weighted by atomic mass is 16.6. The van der Waals surface area contributed by atoms with Crippen LogP contribution in [0.4, 0.5) is 16.3 Å². The highest BCUT2D eigenvalue weighted by molar-refractivity contribution is 5.65. The predicted octanol–water partition coefficient (Wildman–Crippen LogP) is 0.101. The van der Waals surface area contributed by atoms with Crippen LogP contribution in [-0.2, 0) is 11.8 Å². The molecule has 1 amide bonds. The molecule has 0 spiro atoms. The molecule has 1 aliphatic rings. The number of carboxylic acid groups (broad SMARTS) is 1. The summed E-state index contributed by atoms with van der Waals surface area (Å²) in [4.78, 5) is 24.2. The number of amides is 1. The summed E-state index contributed by atoms with van der Waals surface area (Å²) in [5.41, 5.74) is -0.105. The lowest BCUT2D eigenvalue weighted by molar-refractivity contribution is -0.384. The van der Waals surface area contributed by atoms with Crippen LogP contribution in [0, 0.1) is 10.1 Å². The molecule has 10 heteroatoms. The molecule has 1 atom stereocenters. The van der Waals surface area contributed by atoms with E-state index >= 15 is 0 Å². The van der Waals surface area contributed by atoms with Gasteiger partial charge in [-0.05, 0) is 0 Å². The number of ether oxygens (including phenoxy) is 1. The summed E-state index contributed by atoms with van der Waals surface area (Å²) < 4.78 is 6.78. The maximum absolute atomic E-state index is 11.0. The summed E-state index contributed by atoms with van der Waals surface area (Å²) in [5, 5.41) is 23.8. The Morgan fingerprint density at radius 1 is 1.70 bits per heavy atom. The summed E-state index contributed by atoms with van der Waals surface area (Å²) in [7, 11) is 3.00. The first-order chi connectivity index (χ1) is 9.41. The van der Waals surface area contributed by atoms with Gasteiger partial charge in [0.1, 0.15) is 6.20 Å². The zero-order valence-electron chi connectivity index (χ0n) is 11.1. The second-order valence-electron chi connectivity index (χ2n) is 4.40. The van der Waals surface area contributed by atoms with Crippen molar-refractivity contribution in [3.8, 4) is 0 Å². The van der Waals surface area contributed by atoms with Crippen LogP contribution < -0.4 is 4.90 Å². The number of aromatic nitrogens is 2. The molecule has 20 heavy (non-hydrogen) atoms. The van der Waals surface area contributed by atoms with E-state index in [1.807, 2.05) is 0 Å². The van der Waals surface area contributed by atoms with E-state index in [2.05, 4.69) is 5.10 Å². The number of nitrogens with zero attached hydrogens (tertiary/aromatic N) is 5. The van der Waals surface area contributed by atoms with E-state index in [-0.39, 0.29) is 18.8 Å². The number of hydrogen-bond acceptors (Lipinski definition) is 6. The van der Waals surface area contributed by atoms with Crippen molar-refractivity contribution >= 4 is 17.6 Å². The standard InChI is InChI=1S/C10H15N5O5/c1-12(10(16)17)8-6-14(3-4-20-8)9-7(15(18)19)5-11-13(9)2/h5,8H,3-4,6H2,1-2H3,(H,16,17). The Labute approximate surface area is 114 Å². The minimum absolute atomic E-state index is 0.105. The van der Waals surface area contributed by atoms with Gasteiger partial charge >= 0.3 is 11.8 Å². The molecule has 1 fully saturated rings. The molecule has 2 heterocycles. The van der Waals surface area contributed by atoms with Crippen LogP contribution in [0.15, 0.2) is 6.20 Å². The first-order valence-corrected chi connectivity index (χ1v) is 5.90. The number of hydrogen-bond donors (Lipinski definition) is 1. The molecule has 0 aromatic carbocycles. The number of rotatable bonds is 3. The average Bonchev–Trinajstić information content (AvgIpc) is 2.80. The first-order valence-electron chi connectivity index (χ1n) is 5.90. The molecule has 1 N–H and O–H groups in total. The van der Waals surface area contributed by atoms with Crippen molar-refractivity contribution in [3.63, 3.8) is 0 Å². The molecular formula is C10H15N5O5. The minimum Gasteiger partial charge on any atom is -0.465 e. The molecule has 1 aromatic heterocycles. The molecule has 1 aliphatic heterocycles. The van der Waals surface area contributed by atoms with E-state index in [1.165, 1.54) is 17.9 Å². The van der Waals surface area contributed by atoms with Crippen molar-refractivity contribution < 1.29 is 19.6 Å². The van der Waals surface area contributed by atoms with Gasteiger partial charge in [0.05, 0.1) is 18.1 Å². The summed E-state index contributed by atoms with van der Waals surface area (Å²) in [6.45, 7) is 0.929. The highest BCUT2D eigenvalue weighted by Crippen LogP contribution is 2.28. The van der Waals surface area contributed by atoms with Gasteiger partial charge in [0, 0.05) is 20.6 Å². The lowest BCUT2D eigenvalue weighted by atomic mass is 10.3. The van der Waals surface area contributed by atoms with Crippen LogP contribution in [0.5, 0.6) is 0 Å². The fourth-order valence-corrected chi connectivity index (χ4v) is 2.10. The first kappa shape index (κ1) is 14.1. The summed E-state index contributed by atoms with van der Waals surface area (Å²) >= 11 is 0. The van der Waals surface area contributed by atoms with Gasteiger partial charge in [0.25, 0.3) is 0 Å². The van der Waals surface area contributed by atoms with E-state index in [9.17, 15) is 14.9 Å². The smallest absolute Gasteiger partial charge is 0.409 e. The van der Waals surface area contributed by atoms with E-state index in [1.54, 1.807) is 11.9 Å². The zero-order chi connectivity index (χ0) is 14.9.